The minimum atomic E-state index is -1.02. The second kappa shape index (κ2) is 25.0. The van der Waals surface area contributed by atoms with Crippen molar-refractivity contribution in [3.63, 3.8) is 0 Å². The second-order valence-corrected chi connectivity index (χ2v) is 18.2. The largest absolute Gasteiger partial charge is 0.361 e. The van der Waals surface area contributed by atoms with E-state index in [0.717, 1.165) is 69.5 Å². The van der Waals surface area contributed by atoms with Gasteiger partial charge in [0.25, 0.3) is 0 Å². The van der Waals surface area contributed by atoms with Gasteiger partial charge in [-0.1, -0.05) is 114 Å². The Kier molecular flexibility index (Phi) is 20.2. The molecule has 0 saturated carbocycles. The molecule has 0 unspecified atom stereocenters. The Bertz CT molecular complexity index is 1630. The zero-order valence-corrected chi connectivity index (χ0v) is 37.3. The van der Waals surface area contributed by atoms with Gasteiger partial charge in [0.05, 0.1) is 12.6 Å². The molecule has 5 atom stereocenters. The first-order valence-corrected chi connectivity index (χ1v) is 22.6. The summed E-state index contributed by atoms with van der Waals surface area (Å²) in [5.74, 6) is -1.65. The molecule has 12 nitrogen and oxygen atoms in total. The highest BCUT2D eigenvalue weighted by atomic mass is 16.6. The van der Waals surface area contributed by atoms with Crippen molar-refractivity contribution in [1.82, 2.24) is 31.1 Å². The summed E-state index contributed by atoms with van der Waals surface area (Å²) in [6.07, 6.45) is 8.49. The third-order valence-corrected chi connectivity index (χ3v) is 11.6. The number of amides is 4. The van der Waals surface area contributed by atoms with Crippen LogP contribution in [0.15, 0.2) is 60.7 Å². The lowest BCUT2D eigenvalue weighted by Crippen LogP contribution is -2.59. The van der Waals surface area contributed by atoms with Gasteiger partial charge in [0.15, 0.2) is 5.78 Å². The number of nitrogens with zero attached hydrogens (tertiary/aromatic N) is 2. The van der Waals surface area contributed by atoms with Crippen molar-refractivity contribution in [2.45, 2.75) is 141 Å². The van der Waals surface area contributed by atoms with Gasteiger partial charge < -0.3 is 35.8 Å². The van der Waals surface area contributed by atoms with Crippen LogP contribution in [0.5, 0.6) is 0 Å². The maximum atomic E-state index is 14.2. The van der Waals surface area contributed by atoms with Crippen LogP contribution < -0.4 is 21.3 Å². The lowest BCUT2D eigenvalue weighted by molar-refractivity contribution is -0.135. The van der Waals surface area contributed by atoms with E-state index < -0.39 is 47.5 Å². The smallest absolute Gasteiger partial charge is 0.243 e. The molecule has 0 aliphatic carbocycles. The maximum Gasteiger partial charge on any atom is 0.243 e. The maximum absolute atomic E-state index is 14.2. The Balaban J connectivity index is 1.38. The monoisotopic (exact) mass is 831 g/mol. The van der Waals surface area contributed by atoms with Crippen molar-refractivity contribution in [2.24, 2.45) is 11.8 Å². The lowest BCUT2D eigenvalue weighted by Gasteiger charge is -2.32. The molecule has 0 aromatic heterocycles. The average molecular weight is 831 g/mol. The summed E-state index contributed by atoms with van der Waals surface area (Å²) in [4.78, 5) is 74.0. The average Bonchev–Trinajstić information content (AvgIpc) is 3.98. The number of likely N-dealkylation sites (N-methyl/N-ethyl adjacent to an activating group) is 1. The number of ether oxygens (including phenoxy) is 1. The number of carbonyl (C=O) groups excluding carboxylic acids is 5. The predicted octanol–water partition coefficient (Wildman–Crippen LogP) is 5.23. The Hall–Kier alpha value is -4.13. The van der Waals surface area contributed by atoms with Crippen LogP contribution in [0.2, 0.25) is 0 Å². The van der Waals surface area contributed by atoms with Gasteiger partial charge in [-0.05, 0) is 82.0 Å². The molecule has 2 aliphatic heterocycles. The van der Waals surface area contributed by atoms with E-state index in [1.807, 2.05) is 88.4 Å². The standard InChI is InChI=1S/C48H74N6O6/c1-35(2)31-40(44(56)48(5)34-60-48)50-47(59)42(33-38-21-15-12-16-22-38)52-46(58)41(32-36(3)4)51-45(57)39(25-24-37-19-13-11-14-20-37)49-43(55)23-17-9-7-8-10-18-26-54-29-27-53(6)28-30-54/h11-16,19-22,35-36,39-42H,7-10,17-18,23-34H2,1-6H3,(H,49,55)(H,50,59)(H,51,57)(H,52,58)/t39-,40-,41-,42-,48+/m0/s1. The number of aryl methyl sites for hydroxylation is 1. The van der Waals surface area contributed by atoms with Crippen LogP contribution in [0.1, 0.15) is 110 Å². The van der Waals surface area contributed by atoms with Gasteiger partial charge in [0.2, 0.25) is 23.6 Å². The van der Waals surface area contributed by atoms with Crippen molar-refractivity contribution >= 4 is 29.4 Å². The molecule has 332 valence electrons. The highest BCUT2D eigenvalue weighted by molar-refractivity contribution is 5.98. The van der Waals surface area contributed by atoms with Gasteiger partial charge in [-0.3, -0.25) is 24.0 Å². The van der Waals surface area contributed by atoms with Crippen LogP contribution in [0.4, 0.5) is 0 Å². The number of piperazine rings is 1. The van der Waals surface area contributed by atoms with E-state index in [1.165, 1.54) is 12.8 Å². The SMILES string of the molecule is CC(C)C[C@H](NC(=O)[C@H](CCc1ccccc1)NC(=O)CCCCCCCCN1CCN(C)CC1)C(=O)N[C@@H](Cc1ccccc1)C(=O)N[C@@H](CC(C)C)C(=O)[C@@]1(C)CO1. The molecule has 0 radical (unpaired) electrons. The van der Waals surface area contributed by atoms with E-state index in [4.69, 9.17) is 4.74 Å². The molecule has 0 bridgehead atoms. The zero-order valence-electron chi connectivity index (χ0n) is 37.3. The van der Waals surface area contributed by atoms with E-state index in [1.54, 1.807) is 6.92 Å². The first-order valence-electron chi connectivity index (χ1n) is 22.6. The van der Waals surface area contributed by atoms with Gasteiger partial charge >= 0.3 is 0 Å². The number of ketones is 1. The molecule has 2 heterocycles. The minimum absolute atomic E-state index is 0.0268. The van der Waals surface area contributed by atoms with E-state index in [9.17, 15) is 24.0 Å². The van der Waals surface area contributed by atoms with Gasteiger partial charge in [0.1, 0.15) is 23.7 Å². The summed E-state index contributed by atoms with van der Waals surface area (Å²) in [5, 5.41) is 11.8. The highest BCUT2D eigenvalue weighted by Crippen LogP contribution is 2.29. The predicted molar refractivity (Wildman–Crippen MR) is 237 cm³/mol. The normalized spacial score (nSPS) is 18.9. The van der Waals surface area contributed by atoms with Gasteiger partial charge in [-0.15, -0.1) is 0 Å². The lowest BCUT2D eigenvalue weighted by atomic mass is 9.93. The van der Waals surface area contributed by atoms with Crippen molar-refractivity contribution in [1.29, 1.82) is 0 Å². The third kappa shape index (κ3) is 17.5. The van der Waals surface area contributed by atoms with Gasteiger partial charge in [-0.25, -0.2) is 0 Å². The number of Topliss-reactive ketones (excluding diaryl/α,β-unsaturated/α-hetero) is 1. The first-order chi connectivity index (χ1) is 28.7. The molecule has 60 heavy (non-hydrogen) atoms. The number of epoxide rings is 1. The van der Waals surface area contributed by atoms with Gasteiger partial charge in [0, 0.05) is 39.0 Å². The van der Waals surface area contributed by atoms with Crippen LogP contribution in [-0.2, 0) is 41.6 Å². The Labute approximate surface area is 359 Å². The number of nitrogens with one attached hydrogen (secondary N) is 4. The molecule has 4 amide bonds. The Morgan fingerprint density at radius 2 is 1.13 bits per heavy atom. The molecule has 2 aromatic carbocycles. The fourth-order valence-corrected chi connectivity index (χ4v) is 7.79. The summed E-state index contributed by atoms with van der Waals surface area (Å²) in [7, 11) is 2.18. The van der Waals surface area contributed by atoms with Crippen molar-refractivity contribution in [3.8, 4) is 0 Å². The summed E-state index contributed by atoms with van der Waals surface area (Å²) in [6.45, 7) is 15.7. The Morgan fingerprint density at radius 3 is 1.73 bits per heavy atom. The van der Waals surface area contributed by atoms with E-state index in [0.29, 0.717) is 38.7 Å². The fourth-order valence-electron chi connectivity index (χ4n) is 7.79. The van der Waals surface area contributed by atoms with Crippen LogP contribution in [0, 0.1) is 11.8 Å². The van der Waals surface area contributed by atoms with E-state index >= 15 is 0 Å². The van der Waals surface area contributed by atoms with Crippen molar-refractivity contribution < 1.29 is 28.7 Å². The molecule has 2 aliphatic rings. The van der Waals surface area contributed by atoms with E-state index in [2.05, 4.69) is 38.1 Å². The number of rotatable bonds is 27. The molecule has 4 N–H and O–H groups in total. The van der Waals surface area contributed by atoms with Crippen LogP contribution in [0.25, 0.3) is 0 Å². The summed E-state index contributed by atoms with van der Waals surface area (Å²) >= 11 is 0. The molecular formula is C48H74N6O6. The first kappa shape index (κ1) is 48.5. The number of unbranched alkanes of at least 4 members (excludes halogenated alkanes) is 5. The second-order valence-electron chi connectivity index (χ2n) is 18.2. The fraction of sp³-hybridized carbons (Fsp3) is 0.646. The van der Waals surface area contributed by atoms with Crippen LogP contribution >= 0.6 is 0 Å². The molecule has 4 rings (SSSR count). The number of hydrogen-bond acceptors (Lipinski definition) is 8. The number of benzene rings is 2. The molecule has 12 heteroatoms. The van der Waals surface area contributed by atoms with Crippen LogP contribution in [0.3, 0.4) is 0 Å². The van der Waals surface area contributed by atoms with Crippen molar-refractivity contribution in [3.05, 3.63) is 71.8 Å². The van der Waals surface area contributed by atoms with Gasteiger partial charge in [-0.2, -0.15) is 0 Å². The quantitative estimate of drug-likeness (QED) is 0.0707. The van der Waals surface area contributed by atoms with Crippen LogP contribution in [-0.4, -0.2) is 115 Å². The minimum Gasteiger partial charge on any atom is -0.361 e. The number of hydrogen-bond donors (Lipinski definition) is 4. The highest BCUT2D eigenvalue weighted by Gasteiger charge is 2.50. The zero-order chi connectivity index (χ0) is 43.5. The van der Waals surface area contributed by atoms with Crippen molar-refractivity contribution in [2.75, 3.05) is 46.4 Å². The molecular weight excluding hydrogens is 757 g/mol. The van der Waals surface area contributed by atoms with E-state index in [-0.39, 0.29) is 29.9 Å². The summed E-state index contributed by atoms with van der Waals surface area (Å²) in [6, 6.07) is 15.6. The molecule has 2 fully saturated rings. The number of carbonyl (C=O) groups is 5. The molecule has 2 aromatic rings. The third-order valence-electron chi connectivity index (χ3n) is 11.6. The molecule has 2 saturated heterocycles. The topological polar surface area (TPSA) is 152 Å². The summed E-state index contributed by atoms with van der Waals surface area (Å²) < 4.78 is 5.43. The molecule has 0 spiro atoms. The summed E-state index contributed by atoms with van der Waals surface area (Å²) in [5.41, 5.74) is 0.950. The Morgan fingerprint density at radius 1 is 0.633 bits per heavy atom.